The van der Waals surface area contributed by atoms with Gasteiger partial charge in [-0.25, -0.2) is 0 Å². The zero-order chi connectivity index (χ0) is 8.77. The minimum Gasteiger partial charge on any atom is -0.372 e. The van der Waals surface area contributed by atoms with E-state index in [1.165, 1.54) is 0 Å². The summed E-state index contributed by atoms with van der Waals surface area (Å²) < 4.78 is 11.0. The van der Waals surface area contributed by atoms with Crippen LogP contribution in [0.25, 0.3) is 0 Å². The van der Waals surface area contributed by atoms with Crippen LogP contribution in [0.15, 0.2) is 0 Å². The van der Waals surface area contributed by atoms with Crippen LogP contribution in [-0.2, 0) is 9.47 Å². The van der Waals surface area contributed by atoms with Crippen LogP contribution in [0.3, 0.4) is 0 Å². The van der Waals surface area contributed by atoms with Crippen LogP contribution in [0.5, 0.6) is 0 Å². The van der Waals surface area contributed by atoms with Crippen LogP contribution < -0.4 is 0 Å². The number of fused-ring (bicyclic) bond motifs is 2. The van der Waals surface area contributed by atoms with Crippen LogP contribution in [0.4, 0.5) is 0 Å². The molecule has 0 radical (unpaired) electrons. The summed E-state index contributed by atoms with van der Waals surface area (Å²) in [5, 5.41) is 9.52. The van der Waals surface area contributed by atoms with E-state index in [2.05, 4.69) is 13.8 Å². The summed E-state index contributed by atoms with van der Waals surface area (Å²) in [6.07, 6.45) is 1.07. The molecule has 0 saturated carbocycles. The highest BCUT2D eigenvalue weighted by Gasteiger charge is 2.54. The summed E-state index contributed by atoms with van der Waals surface area (Å²) in [6.45, 7) is 4.93. The molecule has 0 aromatic rings. The zero-order valence-electron chi connectivity index (χ0n) is 7.62. The molecule has 2 heterocycles. The molecule has 2 saturated heterocycles. The number of hydrogen-bond donors (Lipinski definition) is 1. The van der Waals surface area contributed by atoms with Gasteiger partial charge in [0, 0.05) is 18.9 Å². The summed E-state index contributed by atoms with van der Waals surface area (Å²) in [5.74, 6) is 0.325. The van der Waals surface area contributed by atoms with Crippen LogP contribution in [0, 0.1) is 5.92 Å². The third-order valence-electron chi connectivity index (χ3n) is 3.39. The minimum atomic E-state index is -0.706. The van der Waals surface area contributed by atoms with Crippen LogP contribution in [-0.4, -0.2) is 29.7 Å². The average Bonchev–Trinajstić information content (AvgIpc) is 2.23. The Morgan fingerprint density at radius 1 is 1.58 bits per heavy atom. The topological polar surface area (TPSA) is 38.7 Å². The van der Waals surface area contributed by atoms with E-state index in [-0.39, 0.29) is 11.7 Å². The van der Waals surface area contributed by atoms with Crippen LogP contribution in [0.2, 0.25) is 0 Å². The largest absolute Gasteiger partial charge is 0.372 e. The van der Waals surface area contributed by atoms with Gasteiger partial charge in [0.1, 0.15) is 6.10 Å². The summed E-state index contributed by atoms with van der Waals surface area (Å²) in [6, 6.07) is 0. The summed E-state index contributed by atoms with van der Waals surface area (Å²) in [4.78, 5) is 0. The van der Waals surface area contributed by atoms with Gasteiger partial charge in [0.2, 0.25) is 0 Å². The molecule has 4 atom stereocenters. The number of ether oxygens (including phenoxy) is 2. The van der Waals surface area contributed by atoms with Crippen molar-refractivity contribution in [1.82, 2.24) is 0 Å². The molecule has 1 N–H and O–H groups in total. The first-order valence-electron chi connectivity index (χ1n) is 4.67. The Balaban J connectivity index is 2.24. The summed E-state index contributed by atoms with van der Waals surface area (Å²) in [5.41, 5.74) is -0.109. The zero-order valence-corrected chi connectivity index (χ0v) is 7.62. The molecule has 12 heavy (non-hydrogen) atoms. The van der Waals surface area contributed by atoms with E-state index in [0.717, 1.165) is 19.4 Å². The van der Waals surface area contributed by atoms with Crippen molar-refractivity contribution >= 4 is 0 Å². The Hall–Kier alpha value is -0.120. The number of aliphatic hydroxyl groups excluding tert-OH is 1. The first-order valence-corrected chi connectivity index (χ1v) is 4.67. The molecule has 0 spiro atoms. The van der Waals surface area contributed by atoms with Gasteiger partial charge in [0.15, 0.2) is 6.29 Å². The maximum Gasteiger partial charge on any atom is 0.182 e. The van der Waals surface area contributed by atoms with E-state index < -0.39 is 6.29 Å². The van der Waals surface area contributed by atoms with Gasteiger partial charge in [-0.05, 0) is 6.42 Å². The fourth-order valence-electron chi connectivity index (χ4n) is 2.42. The van der Waals surface area contributed by atoms with Crippen molar-refractivity contribution in [3.8, 4) is 0 Å². The van der Waals surface area contributed by atoms with Crippen molar-refractivity contribution in [2.45, 2.75) is 44.7 Å². The second kappa shape index (κ2) is 2.69. The molecule has 2 aliphatic heterocycles. The first-order chi connectivity index (χ1) is 5.69. The fraction of sp³-hybridized carbons (Fsp3) is 1.00. The molecular weight excluding hydrogens is 156 g/mol. The second-order valence-electron chi connectivity index (χ2n) is 3.80. The van der Waals surface area contributed by atoms with Crippen molar-refractivity contribution in [2.75, 3.05) is 6.61 Å². The van der Waals surface area contributed by atoms with E-state index in [1.807, 2.05) is 0 Å². The van der Waals surface area contributed by atoms with E-state index in [9.17, 15) is 5.11 Å². The predicted octanol–water partition coefficient (Wildman–Crippen LogP) is 0.909. The Morgan fingerprint density at radius 3 is 2.92 bits per heavy atom. The number of hydrogen-bond acceptors (Lipinski definition) is 3. The smallest absolute Gasteiger partial charge is 0.182 e. The lowest BCUT2D eigenvalue weighted by atomic mass is 9.81. The van der Waals surface area contributed by atoms with Crippen molar-refractivity contribution in [3.05, 3.63) is 0 Å². The maximum absolute atomic E-state index is 9.52. The van der Waals surface area contributed by atoms with Gasteiger partial charge in [-0.15, -0.1) is 0 Å². The standard InChI is InChI=1S/C9H16O3/c1-3-9-4-5-11-7(6(9)2)8(10)12-9/h6-8,10H,3-5H2,1-2H3/t6?,7-,8?,9+/m0/s1. The molecule has 0 aliphatic carbocycles. The lowest BCUT2D eigenvalue weighted by Crippen LogP contribution is -2.42. The summed E-state index contributed by atoms with van der Waals surface area (Å²) >= 11 is 0. The molecule has 2 fully saturated rings. The van der Waals surface area contributed by atoms with E-state index in [0.29, 0.717) is 5.92 Å². The Morgan fingerprint density at radius 2 is 2.33 bits per heavy atom. The van der Waals surface area contributed by atoms with Crippen LogP contribution >= 0.6 is 0 Å². The van der Waals surface area contributed by atoms with Gasteiger partial charge >= 0.3 is 0 Å². The normalized spacial score (nSPS) is 52.8. The monoisotopic (exact) mass is 172 g/mol. The predicted molar refractivity (Wildman–Crippen MR) is 43.6 cm³/mol. The fourth-order valence-corrected chi connectivity index (χ4v) is 2.42. The Kier molecular flexibility index (Phi) is 1.90. The molecule has 70 valence electrons. The van der Waals surface area contributed by atoms with Gasteiger partial charge in [-0.2, -0.15) is 0 Å². The van der Waals surface area contributed by atoms with Crippen molar-refractivity contribution < 1.29 is 14.6 Å². The molecular formula is C9H16O3. The molecule has 0 aromatic heterocycles. The molecule has 3 heteroatoms. The van der Waals surface area contributed by atoms with Gasteiger partial charge in [0.25, 0.3) is 0 Å². The van der Waals surface area contributed by atoms with E-state index in [4.69, 9.17) is 9.47 Å². The highest BCUT2D eigenvalue weighted by molar-refractivity contribution is 4.99. The maximum atomic E-state index is 9.52. The number of aliphatic hydroxyl groups is 1. The first kappa shape index (κ1) is 8.48. The Bertz CT molecular complexity index is 183. The van der Waals surface area contributed by atoms with Gasteiger partial charge < -0.3 is 14.6 Å². The highest BCUT2D eigenvalue weighted by Crippen LogP contribution is 2.44. The second-order valence-corrected chi connectivity index (χ2v) is 3.80. The highest BCUT2D eigenvalue weighted by atomic mass is 16.7. The molecule has 2 unspecified atom stereocenters. The van der Waals surface area contributed by atoms with Crippen molar-refractivity contribution in [1.29, 1.82) is 0 Å². The molecule has 2 bridgehead atoms. The molecule has 3 nitrogen and oxygen atoms in total. The van der Waals surface area contributed by atoms with Crippen molar-refractivity contribution in [3.63, 3.8) is 0 Å². The lowest BCUT2D eigenvalue weighted by Gasteiger charge is -2.35. The number of rotatable bonds is 1. The third kappa shape index (κ3) is 0.934. The molecule has 0 amide bonds. The molecule has 2 aliphatic rings. The minimum absolute atomic E-state index is 0.0984. The van der Waals surface area contributed by atoms with Gasteiger partial charge in [-0.1, -0.05) is 13.8 Å². The Labute approximate surface area is 72.7 Å². The third-order valence-corrected chi connectivity index (χ3v) is 3.39. The molecule has 0 aromatic carbocycles. The van der Waals surface area contributed by atoms with Gasteiger partial charge in [0.05, 0.1) is 5.60 Å². The van der Waals surface area contributed by atoms with E-state index >= 15 is 0 Å². The molecule has 2 rings (SSSR count). The lowest BCUT2D eigenvalue weighted by molar-refractivity contribution is -0.147. The quantitative estimate of drug-likeness (QED) is 0.639. The van der Waals surface area contributed by atoms with Crippen molar-refractivity contribution in [2.24, 2.45) is 5.92 Å². The SMILES string of the molecule is CC[C@]12CCO[C@H](C(O)O1)C2C. The van der Waals surface area contributed by atoms with E-state index in [1.54, 1.807) is 0 Å². The average molecular weight is 172 g/mol. The summed E-state index contributed by atoms with van der Waals surface area (Å²) in [7, 11) is 0. The van der Waals surface area contributed by atoms with Crippen LogP contribution in [0.1, 0.15) is 26.7 Å². The van der Waals surface area contributed by atoms with Gasteiger partial charge in [-0.3, -0.25) is 0 Å².